The third kappa shape index (κ3) is 3.44. The number of nitrogens with zero attached hydrogens (tertiary/aromatic N) is 3. The van der Waals surface area contributed by atoms with Gasteiger partial charge in [0.05, 0.1) is 17.1 Å². The van der Waals surface area contributed by atoms with Crippen molar-refractivity contribution in [2.75, 3.05) is 26.0 Å². The predicted molar refractivity (Wildman–Crippen MR) is 87.7 cm³/mol. The molecule has 1 N–H and O–H groups in total. The number of rotatable bonds is 4. The van der Waals surface area contributed by atoms with Gasteiger partial charge in [0, 0.05) is 22.5 Å². The molecule has 0 radical (unpaired) electrons. The van der Waals surface area contributed by atoms with Gasteiger partial charge < -0.3 is 10.2 Å². The van der Waals surface area contributed by atoms with E-state index in [1.807, 2.05) is 20.2 Å². The van der Waals surface area contributed by atoms with Gasteiger partial charge in [-0.25, -0.2) is 4.98 Å². The summed E-state index contributed by atoms with van der Waals surface area (Å²) in [5.41, 5.74) is 1.33. The van der Waals surface area contributed by atoms with Gasteiger partial charge in [-0.15, -0.1) is 0 Å². The molecular weight excluding hydrogens is 284 g/mol. The Morgan fingerprint density at radius 2 is 2.05 bits per heavy atom. The van der Waals surface area contributed by atoms with Gasteiger partial charge in [-0.2, -0.15) is 5.26 Å². The van der Waals surface area contributed by atoms with Crippen LogP contribution in [0.5, 0.6) is 0 Å². The largest absolute Gasteiger partial charge is 0.368 e. The van der Waals surface area contributed by atoms with Gasteiger partial charge >= 0.3 is 0 Å². The molecule has 0 aliphatic heterocycles. The van der Waals surface area contributed by atoms with E-state index in [-0.39, 0.29) is 5.54 Å². The number of likely N-dealkylation sites (N-methyl/N-ethyl adjacent to an activating group) is 1. The Kier molecular flexibility index (Phi) is 4.36. The van der Waals surface area contributed by atoms with Gasteiger partial charge in [-0.1, -0.05) is 11.6 Å². The third-order valence-electron chi connectivity index (χ3n) is 3.80. The number of fused-ring (bicyclic) bond motifs is 1. The van der Waals surface area contributed by atoms with E-state index in [4.69, 9.17) is 11.6 Å². The summed E-state index contributed by atoms with van der Waals surface area (Å²) >= 11 is 5.98. The predicted octanol–water partition coefficient (Wildman–Crippen LogP) is 3.51. The summed E-state index contributed by atoms with van der Waals surface area (Å²) in [5.74, 6) is 0.705. The van der Waals surface area contributed by atoms with E-state index in [0.29, 0.717) is 16.4 Å². The molecule has 0 amide bonds. The third-order valence-corrected chi connectivity index (χ3v) is 4.04. The van der Waals surface area contributed by atoms with Crippen LogP contribution >= 0.6 is 11.6 Å². The topological polar surface area (TPSA) is 52.0 Å². The molecule has 0 bridgehead atoms. The second-order valence-electron chi connectivity index (χ2n) is 5.89. The highest BCUT2D eigenvalue weighted by atomic mass is 35.5. The van der Waals surface area contributed by atoms with E-state index >= 15 is 0 Å². The van der Waals surface area contributed by atoms with Crippen LogP contribution in [0.4, 0.5) is 5.82 Å². The summed E-state index contributed by atoms with van der Waals surface area (Å²) in [6.45, 7) is 5.02. The lowest BCUT2D eigenvalue weighted by molar-refractivity contribution is 0.210. The Morgan fingerprint density at radius 3 is 2.67 bits per heavy atom. The van der Waals surface area contributed by atoms with Crippen LogP contribution in [0.3, 0.4) is 0 Å². The van der Waals surface area contributed by atoms with Gasteiger partial charge in [0.2, 0.25) is 0 Å². The minimum absolute atomic E-state index is 0.0105. The number of hydrogen-bond donors (Lipinski definition) is 1. The van der Waals surface area contributed by atoms with Crippen molar-refractivity contribution in [3.8, 4) is 6.07 Å². The lowest BCUT2D eigenvalue weighted by Crippen LogP contribution is -2.44. The normalized spacial score (nSPS) is 11.7. The lowest BCUT2D eigenvalue weighted by Gasteiger charge is -2.32. The van der Waals surface area contributed by atoms with Crippen molar-refractivity contribution in [3.63, 3.8) is 0 Å². The highest BCUT2D eigenvalue weighted by Crippen LogP contribution is 2.24. The molecule has 1 aromatic heterocycles. The summed E-state index contributed by atoms with van der Waals surface area (Å²) in [4.78, 5) is 6.69. The van der Waals surface area contributed by atoms with Gasteiger partial charge in [0.1, 0.15) is 5.82 Å². The van der Waals surface area contributed by atoms with E-state index in [9.17, 15) is 5.26 Å². The van der Waals surface area contributed by atoms with Crippen LogP contribution < -0.4 is 5.32 Å². The highest BCUT2D eigenvalue weighted by molar-refractivity contribution is 6.31. The number of nitrogens with one attached hydrogen (secondary N) is 1. The maximum absolute atomic E-state index is 9.31. The van der Waals surface area contributed by atoms with Gasteiger partial charge in [0.25, 0.3) is 0 Å². The Morgan fingerprint density at radius 1 is 1.33 bits per heavy atom. The molecule has 0 aliphatic rings. The maximum Gasteiger partial charge on any atom is 0.128 e. The first kappa shape index (κ1) is 15.6. The van der Waals surface area contributed by atoms with E-state index in [0.717, 1.165) is 17.4 Å². The molecule has 0 fully saturated rings. The molecule has 0 atom stereocenters. The van der Waals surface area contributed by atoms with Crippen LogP contribution in [0.2, 0.25) is 5.02 Å². The number of halogens is 1. The molecule has 0 spiro atoms. The number of pyridine rings is 1. The monoisotopic (exact) mass is 302 g/mol. The van der Waals surface area contributed by atoms with Crippen LogP contribution in [0.1, 0.15) is 19.4 Å². The van der Waals surface area contributed by atoms with Gasteiger partial charge in [-0.3, -0.25) is 0 Å². The quantitative estimate of drug-likeness (QED) is 0.939. The van der Waals surface area contributed by atoms with Gasteiger partial charge in [0.15, 0.2) is 0 Å². The lowest BCUT2D eigenvalue weighted by atomic mass is 10.0. The summed E-state index contributed by atoms with van der Waals surface area (Å²) in [6, 6.07) is 9.37. The molecule has 1 aromatic carbocycles. The van der Waals surface area contributed by atoms with E-state index in [1.165, 1.54) is 0 Å². The van der Waals surface area contributed by atoms with Crippen molar-refractivity contribution in [2.45, 2.75) is 19.4 Å². The molecule has 4 nitrogen and oxygen atoms in total. The van der Waals surface area contributed by atoms with Crippen LogP contribution in [0.25, 0.3) is 10.9 Å². The molecule has 5 heteroatoms. The number of nitriles is 1. The molecule has 0 saturated heterocycles. The van der Waals surface area contributed by atoms with Crippen molar-refractivity contribution < 1.29 is 0 Å². The van der Waals surface area contributed by atoms with Crippen LogP contribution in [0.15, 0.2) is 24.3 Å². The minimum Gasteiger partial charge on any atom is -0.368 e. The minimum atomic E-state index is -0.0105. The summed E-state index contributed by atoms with van der Waals surface area (Å²) < 4.78 is 0. The highest BCUT2D eigenvalue weighted by Gasteiger charge is 2.20. The Hall–Kier alpha value is -1.83. The number of hydrogen-bond acceptors (Lipinski definition) is 4. The molecule has 110 valence electrons. The standard InChI is InChI=1S/C16H19ClN4/c1-16(2,21(3)4)10-19-15-7-11(9-18)13-8-12(17)5-6-14(13)20-15/h5-8H,10H2,1-4H3,(H,19,20). The van der Waals surface area contributed by atoms with Crippen LogP contribution in [0, 0.1) is 11.3 Å². The second-order valence-corrected chi connectivity index (χ2v) is 6.33. The van der Waals surface area contributed by atoms with Crippen molar-refractivity contribution in [1.82, 2.24) is 9.88 Å². The molecule has 0 unspecified atom stereocenters. The first-order chi connectivity index (χ1) is 9.83. The number of anilines is 1. The van der Waals surface area contributed by atoms with E-state index in [2.05, 4.69) is 35.1 Å². The molecule has 0 aliphatic carbocycles. The fraction of sp³-hybridized carbons (Fsp3) is 0.375. The van der Waals surface area contributed by atoms with Crippen molar-refractivity contribution in [3.05, 3.63) is 34.9 Å². The summed E-state index contributed by atoms with van der Waals surface area (Å²) in [7, 11) is 4.08. The molecule has 1 heterocycles. The Labute approximate surface area is 130 Å². The number of aromatic nitrogens is 1. The van der Waals surface area contributed by atoms with Crippen LogP contribution in [-0.2, 0) is 0 Å². The molecule has 0 saturated carbocycles. The van der Waals surface area contributed by atoms with E-state index in [1.54, 1.807) is 18.2 Å². The molecule has 2 aromatic rings. The first-order valence-corrected chi connectivity index (χ1v) is 7.13. The molecule has 2 rings (SSSR count). The van der Waals surface area contributed by atoms with Crippen molar-refractivity contribution in [2.24, 2.45) is 0 Å². The molecule has 21 heavy (non-hydrogen) atoms. The zero-order valence-corrected chi connectivity index (χ0v) is 13.5. The zero-order chi connectivity index (χ0) is 15.6. The van der Waals surface area contributed by atoms with Crippen molar-refractivity contribution in [1.29, 1.82) is 5.26 Å². The average Bonchev–Trinajstić information content (AvgIpc) is 2.44. The Balaban J connectivity index is 2.34. The SMILES string of the molecule is CN(C)C(C)(C)CNc1cc(C#N)c2cc(Cl)ccc2n1. The smallest absolute Gasteiger partial charge is 0.128 e. The first-order valence-electron chi connectivity index (χ1n) is 6.75. The van der Waals surface area contributed by atoms with Crippen LogP contribution in [-0.4, -0.2) is 36.1 Å². The fourth-order valence-corrected chi connectivity index (χ4v) is 2.02. The van der Waals surface area contributed by atoms with Crippen molar-refractivity contribution >= 4 is 28.3 Å². The number of benzene rings is 1. The zero-order valence-electron chi connectivity index (χ0n) is 12.7. The average molecular weight is 303 g/mol. The summed E-state index contributed by atoms with van der Waals surface area (Å²) in [5, 5.41) is 14.0. The fourth-order valence-electron chi connectivity index (χ4n) is 1.85. The van der Waals surface area contributed by atoms with Gasteiger partial charge in [-0.05, 0) is 52.2 Å². The summed E-state index contributed by atoms with van der Waals surface area (Å²) in [6.07, 6.45) is 0. The van der Waals surface area contributed by atoms with E-state index < -0.39 is 0 Å². The Bertz CT molecular complexity index is 701. The second kappa shape index (κ2) is 5.88. The maximum atomic E-state index is 9.31. The molecular formula is C16H19ClN4.